The van der Waals surface area contributed by atoms with Crippen molar-refractivity contribution < 1.29 is 9.18 Å². The number of anilines is 2. The third kappa shape index (κ3) is 3.79. The molecule has 0 saturated carbocycles. The average Bonchev–Trinajstić information content (AvgIpc) is 2.70. The number of nitrogens with zero attached hydrogens (tertiary/aromatic N) is 3. The molecule has 1 saturated heterocycles. The van der Waals surface area contributed by atoms with E-state index in [-0.39, 0.29) is 17.8 Å². The minimum atomic E-state index is -0.258. The summed E-state index contributed by atoms with van der Waals surface area (Å²) in [5.41, 5.74) is 3.87. The number of likely N-dealkylation sites (tertiary alicyclic amines) is 1. The van der Waals surface area contributed by atoms with Crippen LogP contribution in [0.3, 0.4) is 0 Å². The number of piperidine rings is 1. The Labute approximate surface area is 170 Å². The molecule has 3 aromatic rings. The zero-order chi connectivity index (χ0) is 20.5. The summed E-state index contributed by atoms with van der Waals surface area (Å²) in [6, 6.07) is 8.87. The fourth-order valence-corrected chi connectivity index (χ4v) is 3.89. The number of aryl methyl sites for hydroxylation is 2. The molecular formula is C23H25FN4O. The number of hydrogen-bond acceptors (Lipinski definition) is 4. The highest BCUT2D eigenvalue weighted by Crippen LogP contribution is 2.31. The minimum absolute atomic E-state index is 0.0338. The lowest BCUT2D eigenvalue weighted by Gasteiger charge is -2.34. The van der Waals surface area contributed by atoms with Gasteiger partial charge in [0.05, 0.1) is 11.3 Å². The van der Waals surface area contributed by atoms with Crippen LogP contribution in [0, 0.1) is 19.7 Å². The van der Waals surface area contributed by atoms with Gasteiger partial charge in [-0.2, -0.15) is 0 Å². The predicted octanol–water partition coefficient (Wildman–Crippen LogP) is 5.14. The van der Waals surface area contributed by atoms with Crippen LogP contribution in [0.4, 0.5) is 15.8 Å². The van der Waals surface area contributed by atoms with Gasteiger partial charge in [-0.1, -0.05) is 0 Å². The summed E-state index contributed by atoms with van der Waals surface area (Å²) in [5.74, 6) is -0.292. The van der Waals surface area contributed by atoms with Gasteiger partial charge in [-0.05, 0) is 75.9 Å². The van der Waals surface area contributed by atoms with Crippen molar-refractivity contribution in [3.05, 3.63) is 59.2 Å². The van der Waals surface area contributed by atoms with E-state index in [1.54, 1.807) is 25.3 Å². The first kappa shape index (κ1) is 19.3. The van der Waals surface area contributed by atoms with Crippen molar-refractivity contribution in [3.8, 4) is 0 Å². The van der Waals surface area contributed by atoms with E-state index in [4.69, 9.17) is 0 Å². The number of pyridine rings is 2. The summed E-state index contributed by atoms with van der Waals surface area (Å²) in [7, 11) is 0. The molecule has 1 atom stereocenters. The Balaban J connectivity index is 1.82. The largest absolute Gasteiger partial charge is 0.354 e. The van der Waals surface area contributed by atoms with Crippen LogP contribution in [0.25, 0.3) is 11.0 Å². The van der Waals surface area contributed by atoms with Crippen molar-refractivity contribution in [2.45, 2.75) is 46.1 Å². The second-order valence-electron chi connectivity index (χ2n) is 7.80. The first-order chi connectivity index (χ1) is 13.9. The molecule has 6 heteroatoms. The Morgan fingerprint density at radius 2 is 2.03 bits per heavy atom. The van der Waals surface area contributed by atoms with E-state index in [0.717, 1.165) is 42.6 Å². The molecular weight excluding hydrogens is 367 g/mol. The molecule has 3 heterocycles. The third-order valence-corrected chi connectivity index (χ3v) is 5.59. The molecule has 5 nitrogen and oxygen atoms in total. The van der Waals surface area contributed by atoms with Crippen LogP contribution in [-0.4, -0.2) is 33.4 Å². The van der Waals surface area contributed by atoms with Gasteiger partial charge in [0.1, 0.15) is 5.82 Å². The molecule has 1 aliphatic heterocycles. The van der Waals surface area contributed by atoms with Crippen LogP contribution in [0.1, 0.15) is 47.8 Å². The molecule has 1 unspecified atom stereocenters. The molecule has 1 aromatic carbocycles. The maximum atomic E-state index is 13.7. The molecule has 1 N–H and O–H groups in total. The number of nitrogens with one attached hydrogen (secondary N) is 1. The van der Waals surface area contributed by atoms with Crippen molar-refractivity contribution >= 4 is 28.3 Å². The smallest absolute Gasteiger partial charge is 0.257 e. The molecule has 1 amide bonds. The number of amides is 1. The monoisotopic (exact) mass is 392 g/mol. The Bertz CT molecular complexity index is 1080. The summed E-state index contributed by atoms with van der Waals surface area (Å²) in [6.45, 7) is 6.47. The SMILES string of the molecule is Cc1ccc2c(Nc3ccc(F)c(C)c3)c(C(=O)N3CCCCC3C)cnc2n1. The number of benzene rings is 1. The van der Waals surface area contributed by atoms with Crippen molar-refractivity contribution in [2.24, 2.45) is 0 Å². The van der Waals surface area contributed by atoms with Crippen LogP contribution in [-0.2, 0) is 0 Å². The molecule has 29 heavy (non-hydrogen) atoms. The summed E-state index contributed by atoms with van der Waals surface area (Å²) in [6.07, 6.45) is 4.77. The summed E-state index contributed by atoms with van der Waals surface area (Å²) in [5, 5.41) is 4.12. The molecule has 0 aliphatic carbocycles. The van der Waals surface area contributed by atoms with Gasteiger partial charge in [0.15, 0.2) is 5.65 Å². The Morgan fingerprint density at radius 1 is 1.21 bits per heavy atom. The number of carbonyl (C=O) groups excluding carboxylic acids is 1. The number of rotatable bonds is 3. The van der Waals surface area contributed by atoms with Gasteiger partial charge in [-0.15, -0.1) is 0 Å². The van der Waals surface area contributed by atoms with Crippen molar-refractivity contribution in [1.82, 2.24) is 14.9 Å². The van der Waals surface area contributed by atoms with E-state index < -0.39 is 0 Å². The molecule has 0 bridgehead atoms. The quantitative estimate of drug-likeness (QED) is 0.670. The van der Waals surface area contributed by atoms with Gasteiger partial charge in [-0.25, -0.2) is 14.4 Å². The number of carbonyl (C=O) groups is 1. The van der Waals surface area contributed by atoms with E-state index in [0.29, 0.717) is 22.5 Å². The standard InChI is InChI=1S/C23H25FN4O/c1-14-12-17(8-10-20(14)24)27-21-18-9-7-15(2)26-22(18)25-13-19(21)23(29)28-11-5-4-6-16(28)3/h7-10,12-13,16H,4-6,11H2,1-3H3,(H,25,26,27). The van der Waals surface area contributed by atoms with Gasteiger partial charge in [0.2, 0.25) is 0 Å². The first-order valence-corrected chi connectivity index (χ1v) is 10.0. The number of hydrogen-bond donors (Lipinski definition) is 1. The highest BCUT2D eigenvalue weighted by Gasteiger charge is 2.27. The van der Waals surface area contributed by atoms with Crippen molar-refractivity contribution in [3.63, 3.8) is 0 Å². The fraction of sp³-hybridized carbons (Fsp3) is 0.348. The molecule has 150 valence electrons. The lowest BCUT2D eigenvalue weighted by atomic mass is 10.0. The topological polar surface area (TPSA) is 58.1 Å². The third-order valence-electron chi connectivity index (χ3n) is 5.59. The van der Waals surface area contributed by atoms with Gasteiger partial charge < -0.3 is 10.2 Å². The number of aromatic nitrogens is 2. The second-order valence-corrected chi connectivity index (χ2v) is 7.80. The Morgan fingerprint density at radius 3 is 2.79 bits per heavy atom. The van der Waals surface area contributed by atoms with Crippen LogP contribution < -0.4 is 5.32 Å². The average molecular weight is 392 g/mol. The maximum absolute atomic E-state index is 13.7. The molecule has 1 aliphatic rings. The van der Waals surface area contributed by atoms with Gasteiger partial charge >= 0.3 is 0 Å². The van der Waals surface area contributed by atoms with Gasteiger partial charge in [0, 0.05) is 35.6 Å². The van der Waals surface area contributed by atoms with Crippen molar-refractivity contribution in [1.29, 1.82) is 0 Å². The van der Waals surface area contributed by atoms with Crippen molar-refractivity contribution in [2.75, 3.05) is 11.9 Å². The van der Waals surface area contributed by atoms with Crippen LogP contribution >= 0.6 is 0 Å². The van der Waals surface area contributed by atoms with E-state index in [2.05, 4.69) is 22.2 Å². The molecule has 2 aromatic heterocycles. The van der Waals surface area contributed by atoms with E-state index >= 15 is 0 Å². The minimum Gasteiger partial charge on any atom is -0.354 e. The molecule has 1 fully saturated rings. The number of fused-ring (bicyclic) bond motifs is 1. The van der Waals surface area contributed by atoms with E-state index in [1.807, 2.05) is 24.0 Å². The van der Waals surface area contributed by atoms with Gasteiger partial charge in [0.25, 0.3) is 5.91 Å². The summed E-state index contributed by atoms with van der Waals surface area (Å²) in [4.78, 5) is 24.3. The van der Waals surface area contributed by atoms with Crippen LogP contribution in [0.2, 0.25) is 0 Å². The first-order valence-electron chi connectivity index (χ1n) is 10.0. The lowest BCUT2D eigenvalue weighted by Crippen LogP contribution is -2.42. The van der Waals surface area contributed by atoms with Crippen LogP contribution in [0.15, 0.2) is 36.5 Å². The highest BCUT2D eigenvalue weighted by atomic mass is 19.1. The summed E-state index contributed by atoms with van der Waals surface area (Å²) >= 11 is 0. The number of halogens is 1. The van der Waals surface area contributed by atoms with E-state index in [9.17, 15) is 9.18 Å². The normalized spacial score (nSPS) is 16.8. The molecule has 0 spiro atoms. The zero-order valence-electron chi connectivity index (χ0n) is 17.0. The Hall–Kier alpha value is -3.02. The molecule has 4 rings (SSSR count). The molecule has 0 radical (unpaired) electrons. The van der Waals surface area contributed by atoms with Gasteiger partial charge in [-0.3, -0.25) is 4.79 Å². The van der Waals surface area contributed by atoms with E-state index in [1.165, 1.54) is 6.07 Å². The van der Waals surface area contributed by atoms with Crippen LogP contribution in [0.5, 0.6) is 0 Å². The maximum Gasteiger partial charge on any atom is 0.257 e. The fourth-order valence-electron chi connectivity index (χ4n) is 3.89. The second kappa shape index (κ2) is 7.78. The zero-order valence-corrected chi connectivity index (χ0v) is 17.0. The lowest BCUT2D eigenvalue weighted by molar-refractivity contribution is 0.0636. The predicted molar refractivity (Wildman–Crippen MR) is 113 cm³/mol. The summed E-state index contributed by atoms with van der Waals surface area (Å²) < 4.78 is 13.7. The Kier molecular flexibility index (Phi) is 5.18. The highest BCUT2D eigenvalue weighted by molar-refractivity contribution is 6.07.